The van der Waals surface area contributed by atoms with Crippen molar-refractivity contribution in [3.63, 3.8) is 0 Å². The van der Waals surface area contributed by atoms with Gasteiger partial charge in [0, 0.05) is 12.0 Å². The normalized spacial score (nSPS) is 18.5. The third kappa shape index (κ3) is 1.71. The summed E-state index contributed by atoms with van der Waals surface area (Å²) in [6, 6.07) is 0. The van der Waals surface area contributed by atoms with Gasteiger partial charge < -0.3 is 0 Å². The summed E-state index contributed by atoms with van der Waals surface area (Å²) in [5, 5.41) is 0. The van der Waals surface area contributed by atoms with Gasteiger partial charge >= 0.3 is 0 Å². The summed E-state index contributed by atoms with van der Waals surface area (Å²) in [5.41, 5.74) is 2.36. The molecule has 0 unspecified atom stereocenters. The second-order valence-corrected chi connectivity index (χ2v) is 2.51. The standard InChI is InChI=1S/C8H9ClO/c9-6-2-4-7-3-1-5-8(7)10/h2-3,6H,1,4-5H2/b6-2-. The molecule has 10 heavy (non-hydrogen) atoms. The number of rotatable bonds is 2. The zero-order valence-corrected chi connectivity index (χ0v) is 6.40. The van der Waals surface area contributed by atoms with E-state index in [1.807, 2.05) is 6.08 Å². The van der Waals surface area contributed by atoms with Crippen LogP contribution in [0.1, 0.15) is 19.3 Å². The highest BCUT2D eigenvalue weighted by Crippen LogP contribution is 2.17. The average Bonchev–Trinajstić information content (AvgIpc) is 2.31. The van der Waals surface area contributed by atoms with Crippen LogP contribution in [0, 0.1) is 0 Å². The molecule has 54 valence electrons. The van der Waals surface area contributed by atoms with Crippen molar-refractivity contribution in [1.82, 2.24) is 0 Å². The van der Waals surface area contributed by atoms with Crippen molar-refractivity contribution in [3.8, 4) is 0 Å². The van der Waals surface area contributed by atoms with E-state index in [1.165, 1.54) is 5.54 Å². The van der Waals surface area contributed by atoms with E-state index in [0.29, 0.717) is 12.8 Å². The third-order valence-electron chi connectivity index (χ3n) is 1.55. The maximum Gasteiger partial charge on any atom is 0.159 e. The molecule has 1 rings (SSSR count). The second-order valence-electron chi connectivity index (χ2n) is 2.26. The molecule has 0 atom stereocenters. The molecule has 0 N–H and O–H groups in total. The molecule has 0 spiro atoms. The molecule has 0 aromatic rings. The molecule has 0 amide bonds. The molecule has 0 heterocycles. The Morgan fingerprint density at radius 2 is 2.50 bits per heavy atom. The first-order chi connectivity index (χ1) is 4.84. The van der Waals surface area contributed by atoms with Gasteiger partial charge in [0.25, 0.3) is 0 Å². The molecule has 2 heteroatoms. The Morgan fingerprint density at radius 1 is 1.70 bits per heavy atom. The van der Waals surface area contributed by atoms with Crippen LogP contribution >= 0.6 is 11.6 Å². The second kappa shape index (κ2) is 3.57. The van der Waals surface area contributed by atoms with E-state index >= 15 is 0 Å². The van der Waals surface area contributed by atoms with Gasteiger partial charge in [-0.05, 0) is 18.4 Å². The molecule has 0 aromatic heterocycles. The molecular weight excluding hydrogens is 148 g/mol. The van der Waals surface area contributed by atoms with Crippen LogP contribution < -0.4 is 0 Å². The molecule has 0 fully saturated rings. The summed E-state index contributed by atoms with van der Waals surface area (Å²) in [4.78, 5) is 10.9. The van der Waals surface area contributed by atoms with Gasteiger partial charge in [0.1, 0.15) is 0 Å². The minimum Gasteiger partial charge on any atom is -0.295 e. The van der Waals surface area contributed by atoms with Gasteiger partial charge in [-0.2, -0.15) is 0 Å². The lowest BCUT2D eigenvalue weighted by Crippen LogP contribution is -1.93. The zero-order chi connectivity index (χ0) is 7.40. The Morgan fingerprint density at radius 3 is 3.00 bits per heavy atom. The molecule has 0 aromatic carbocycles. The Hall–Kier alpha value is -0.560. The molecule has 0 saturated carbocycles. The Kier molecular flexibility index (Phi) is 2.69. The minimum atomic E-state index is 0.273. The molecule has 1 aliphatic carbocycles. The number of carbonyl (C=O) groups is 1. The van der Waals surface area contributed by atoms with Crippen molar-refractivity contribution in [2.45, 2.75) is 19.3 Å². The van der Waals surface area contributed by atoms with Crippen molar-refractivity contribution >= 4 is 17.4 Å². The molecule has 0 bridgehead atoms. The lowest BCUT2D eigenvalue weighted by Gasteiger charge is -1.91. The lowest BCUT2D eigenvalue weighted by atomic mass is 10.1. The Labute approximate surface area is 65.4 Å². The van der Waals surface area contributed by atoms with E-state index in [4.69, 9.17) is 11.6 Å². The summed E-state index contributed by atoms with van der Waals surface area (Å²) in [5.74, 6) is 0.273. The number of Topliss-reactive ketones (excluding diaryl/α,β-unsaturated/α-hetero) is 1. The van der Waals surface area contributed by atoms with E-state index < -0.39 is 0 Å². The van der Waals surface area contributed by atoms with Crippen LogP contribution in [-0.2, 0) is 4.79 Å². The zero-order valence-electron chi connectivity index (χ0n) is 5.64. The minimum absolute atomic E-state index is 0.273. The Bertz CT molecular complexity index is 191. The van der Waals surface area contributed by atoms with Gasteiger partial charge in [0.05, 0.1) is 0 Å². The summed E-state index contributed by atoms with van der Waals surface area (Å²) in [7, 11) is 0. The number of ketones is 1. The number of carbonyl (C=O) groups excluding carboxylic acids is 1. The quantitative estimate of drug-likeness (QED) is 0.600. The van der Waals surface area contributed by atoms with Crippen molar-refractivity contribution in [2.24, 2.45) is 0 Å². The van der Waals surface area contributed by atoms with E-state index in [9.17, 15) is 4.79 Å². The van der Waals surface area contributed by atoms with Crippen LogP contribution in [0.2, 0.25) is 0 Å². The number of halogens is 1. The smallest absolute Gasteiger partial charge is 0.159 e. The largest absolute Gasteiger partial charge is 0.295 e. The van der Waals surface area contributed by atoms with Crippen LogP contribution in [0.4, 0.5) is 0 Å². The van der Waals surface area contributed by atoms with Crippen LogP contribution in [0.3, 0.4) is 0 Å². The van der Waals surface area contributed by atoms with Crippen molar-refractivity contribution in [3.05, 3.63) is 23.3 Å². The highest BCUT2D eigenvalue weighted by atomic mass is 35.5. The highest BCUT2D eigenvalue weighted by molar-refractivity contribution is 6.25. The fourth-order valence-electron chi connectivity index (χ4n) is 1.02. The van der Waals surface area contributed by atoms with Gasteiger partial charge in [0.2, 0.25) is 0 Å². The van der Waals surface area contributed by atoms with E-state index in [-0.39, 0.29) is 5.78 Å². The number of hydrogen-bond donors (Lipinski definition) is 0. The van der Waals surface area contributed by atoms with Crippen molar-refractivity contribution < 1.29 is 4.79 Å². The first kappa shape index (κ1) is 7.55. The highest BCUT2D eigenvalue weighted by Gasteiger charge is 2.12. The van der Waals surface area contributed by atoms with Gasteiger partial charge in [-0.3, -0.25) is 4.79 Å². The van der Waals surface area contributed by atoms with Crippen LogP contribution in [-0.4, -0.2) is 5.78 Å². The molecule has 0 radical (unpaired) electrons. The number of hydrogen-bond acceptors (Lipinski definition) is 1. The van der Waals surface area contributed by atoms with Crippen LogP contribution in [0.25, 0.3) is 0 Å². The molecule has 0 saturated heterocycles. The van der Waals surface area contributed by atoms with Gasteiger partial charge in [-0.1, -0.05) is 23.8 Å². The fraction of sp³-hybridized carbons (Fsp3) is 0.375. The predicted octanol–water partition coefficient (Wildman–Crippen LogP) is 2.42. The lowest BCUT2D eigenvalue weighted by molar-refractivity contribution is -0.114. The maximum absolute atomic E-state index is 10.9. The molecule has 1 aliphatic rings. The average molecular weight is 157 g/mol. The first-order valence-electron chi connectivity index (χ1n) is 3.32. The molecule has 0 aliphatic heterocycles. The van der Waals surface area contributed by atoms with Gasteiger partial charge in [-0.25, -0.2) is 0 Å². The number of allylic oxidation sites excluding steroid dienone is 3. The maximum atomic E-state index is 10.9. The molecular formula is C8H9ClO. The summed E-state index contributed by atoms with van der Waals surface area (Å²) in [6.07, 6.45) is 6.06. The van der Waals surface area contributed by atoms with Gasteiger partial charge in [0.15, 0.2) is 5.78 Å². The monoisotopic (exact) mass is 156 g/mol. The molecule has 1 nitrogen and oxygen atoms in total. The SMILES string of the molecule is O=C1CCC=C1C/C=C\Cl. The van der Waals surface area contributed by atoms with Crippen molar-refractivity contribution in [1.29, 1.82) is 0 Å². The fourth-order valence-corrected chi connectivity index (χ4v) is 1.11. The predicted molar refractivity (Wildman–Crippen MR) is 41.9 cm³/mol. The summed E-state index contributed by atoms with van der Waals surface area (Å²) >= 11 is 5.31. The van der Waals surface area contributed by atoms with E-state index in [0.717, 1.165) is 12.0 Å². The van der Waals surface area contributed by atoms with Crippen LogP contribution in [0.15, 0.2) is 23.3 Å². The van der Waals surface area contributed by atoms with E-state index in [1.54, 1.807) is 6.08 Å². The van der Waals surface area contributed by atoms with Crippen molar-refractivity contribution in [2.75, 3.05) is 0 Å². The third-order valence-corrected chi connectivity index (χ3v) is 1.73. The topological polar surface area (TPSA) is 17.1 Å². The van der Waals surface area contributed by atoms with Crippen LogP contribution in [0.5, 0.6) is 0 Å². The Balaban J connectivity index is 2.47. The summed E-state index contributed by atoms with van der Waals surface area (Å²) < 4.78 is 0. The first-order valence-corrected chi connectivity index (χ1v) is 3.75. The van der Waals surface area contributed by atoms with Gasteiger partial charge in [-0.15, -0.1) is 0 Å². The summed E-state index contributed by atoms with van der Waals surface area (Å²) in [6.45, 7) is 0. The van der Waals surface area contributed by atoms with E-state index in [2.05, 4.69) is 0 Å².